The molecule has 0 spiro atoms. The van der Waals surface area contributed by atoms with Crippen LogP contribution in [-0.4, -0.2) is 34.9 Å². The number of ketones is 1. The number of para-hydroxylation sites is 1. The smallest absolute Gasteiger partial charge is 0.183 e. The topological polar surface area (TPSA) is 25.2 Å². The molecule has 22 heavy (non-hydrogen) atoms. The number of likely N-dealkylation sites (tertiary alicyclic amines) is 1. The Kier molecular flexibility index (Phi) is 3.53. The first-order valence-electron chi connectivity index (χ1n) is 8.58. The van der Waals surface area contributed by atoms with Gasteiger partial charge in [-0.2, -0.15) is 0 Å². The maximum absolute atomic E-state index is 13.0. The molecule has 2 aliphatic rings. The number of carbonyl (C=O) groups excluding carboxylic acids is 1. The molecule has 1 aromatic carbocycles. The van der Waals surface area contributed by atoms with Crippen LogP contribution in [0, 0.1) is 5.92 Å². The zero-order valence-corrected chi connectivity index (χ0v) is 13.3. The molecule has 2 heterocycles. The predicted molar refractivity (Wildman–Crippen MR) is 89.4 cm³/mol. The SMILES string of the molecule is Cn1c2c(c3ccccc31)CCC(CN1CCCCC1)C2=O. The highest BCUT2D eigenvalue weighted by Crippen LogP contribution is 2.34. The first-order valence-corrected chi connectivity index (χ1v) is 8.58. The predicted octanol–water partition coefficient (Wildman–Crippen LogP) is 3.41. The van der Waals surface area contributed by atoms with Gasteiger partial charge >= 0.3 is 0 Å². The van der Waals surface area contributed by atoms with Crippen LogP contribution < -0.4 is 0 Å². The summed E-state index contributed by atoms with van der Waals surface area (Å²) in [4.78, 5) is 15.5. The average molecular weight is 296 g/mol. The number of hydrogen-bond donors (Lipinski definition) is 0. The van der Waals surface area contributed by atoms with E-state index in [1.54, 1.807) is 0 Å². The first kappa shape index (κ1) is 14.0. The van der Waals surface area contributed by atoms with Crippen LogP contribution in [0.3, 0.4) is 0 Å². The van der Waals surface area contributed by atoms with Crippen molar-refractivity contribution in [3.63, 3.8) is 0 Å². The number of aromatic nitrogens is 1. The Hall–Kier alpha value is -1.61. The van der Waals surface area contributed by atoms with E-state index in [0.29, 0.717) is 5.78 Å². The van der Waals surface area contributed by atoms with E-state index in [4.69, 9.17) is 0 Å². The summed E-state index contributed by atoms with van der Waals surface area (Å²) in [6.45, 7) is 3.30. The van der Waals surface area contributed by atoms with Gasteiger partial charge in [0.15, 0.2) is 5.78 Å². The van der Waals surface area contributed by atoms with Gasteiger partial charge in [-0.05, 0) is 50.4 Å². The molecule has 0 N–H and O–H groups in total. The molecule has 4 rings (SSSR count). The number of rotatable bonds is 2. The lowest BCUT2D eigenvalue weighted by atomic mass is 9.85. The fourth-order valence-corrected chi connectivity index (χ4v) is 4.31. The van der Waals surface area contributed by atoms with Crippen LogP contribution in [0.5, 0.6) is 0 Å². The Labute approximate surface area is 131 Å². The number of nitrogens with zero attached hydrogens (tertiary/aromatic N) is 2. The molecule has 1 aliphatic heterocycles. The van der Waals surface area contributed by atoms with Crippen LogP contribution in [0.25, 0.3) is 10.9 Å². The minimum Gasteiger partial charge on any atom is -0.341 e. The van der Waals surface area contributed by atoms with E-state index in [-0.39, 0.29) is 5.92 Å². The Morgan fingerprint density at radius 2 is 1.91 bits per heavy atom. The van der Waals surface area contributed by atoms with Gasteiger partial charge in [0.1, 0.15) is 0 Å². The molecular formula is C19H24N2O. The summed E-state index contributed by atoms with van der Waals surface area (Å²) >= 11 is 0. The van der Waals surface area contributed by atoms with Crippen molar-refractivity contribution in [2.45, 2.75) is 32.1 Å². The van der Waals surface area contributed by atoms with Crippen LogP contribution in [0.2, 0.25) is 0 Å². The maximum Gasteiger partial charge on any atom is 0.183 e. The zero-order chi connectivity index (χ0) is 15.1. The molecule has 3 nitrogen and oxygen atoms in total. The number of benzene rings is 1. The van der Waals surface area contributed by atoms with E-state index in [1.165, 1.54) is 48.8 Å². The first-order chi connectivity index (χ1) is 10.8. The summed E-state index contributed by atoms with van der Waals surface area (Å²) in [5, 5.41) is 1.27. The third kappa shape index (κ3) is 2.19. The van der Waals surface area contributed by atoms with Gasteiger partial charge in [-0.15, -0.1) is 0 Å². The Morgan fingerprint density at radius 1 is 1.14 bits per heavy atom. The highest BCUT2D eigenvalue weighted by molar-refractivity contribution is 6.05. The van der Waals surface area contributed by atoms with E-state index >= 15 is 0 Å². The van der Waals surface area contributed by atoms with Gasteiger partial charge in [0, 0.05) is 30.4 Å². The lowest BCUT2D eigenvalue weighted by Gasteiger charge is -2.31. The molecule has 3 heteroatoms. The lowest BCUT2D eigenvalue weighted by molar-refractivity contribution is 0.0837. The number of carbonyl (C=O) groups is 1. The minimum atomic E-state index is 0.189. The van der Waals surface area contributed by atoms with Gasteiger partial charge in [-0.3, -0.25) is 4.79 Å². The van der Waals surface area contributed by atoms with Crippen molar-refractivity contribution in [1.29, 1.82) is 0 Å². The van der Waals surface area contributed by atoms with E-state index in [9.17, 15) is 4.79 Å². The third-order valence-electron chi connectivity index (χ3n) is 5.49. The number of piperidine rings is 1. The molecule has 0 radical (unpaired) electrons. The van der Waals surface area contributed by atoms with Crippen molar-refractivity contribution in [2.24, 2.45) is 13.0 Å². The van der Waals surface area contributed by atoms with Gasteiger partial charge in [0.25, 0.3) is 0 Å². The molecule has 1 atom stereocenters. The summed E-state index contributed by atoms with van der Waals surface area (Å²) in [5.41, 5.74) is 3.44. The highest BCUT2D eigenvalue weighted by Gasteiger charge is 2.33. The number of fused-ring (bicyclic) bond motifs is 3. The van der Waals surface area contributed by atoms with E-state index in [2.05, 4.69) is 33.7 Å². The van der Waals surface area contributed by atoms with Gasteiger partial charge in [0.05, 0.1) is 5.69 Å². The van der Waals surface area contributed by atoms with Crippen molar-refractivity contribution >= 4 is 16.7 Å². The minimum absolute atomic E-state index is 0.189. The summed E-state index contributed by atoms with van der Waals surface area (Å²) in [6, 6.07) is 8.42. The summed E-state index contributed by atoms with van der Waals surface area (Å²) < 4.78 is 2.12. The summed E-state index contributed by atoms with van der Waals surface area (Å²) in [6.07, 6.45) is 5.99. The largest absolute Gasteiger partial charge is 0.341 e. The van der Waals surface area contributed by atoms with Crippen molar-refractivity contribution in [3.8, 4) is 0 Å². The standard InChI is InChI=1S/C19H24N2O/c1-20-17-8-4-3-7-15(17)16-10-9-14(19(22)18(16)20)13-21-11-5-2-6-12-21/h3-4,7-8,14H,2,5-6,9-13H2,1H3. The summed E-state index contributed by atoms with van der Waals surface area (Å²) in [5.74, 6) is 0.555. The molecule has 1 unspecified atom stereocenters. The van der Waals surface area contributed by atoms with Gasteiger partial charge in [-0.25, -0.2) is 0 Å². The van der Waals surface area contributed by atoms with Crippen molar-refractivity contribution in [1.82, 2.24) is 9.47 Å². The molecule has 1 aromatic heterocycles. The highest BCUT2D eigenvalue weighted by atomic mass is 16.1. The number of Topliss-reactive ketones (excluding diaryl/α,β-unsaturated/α-hetero) is 1. The molecule has 0 amide bonds. The third-order valence-corrected chi connectivity index (χ3v) is 5.49. The molecule has 1 aliphatic carbocycles. The zero-order valence-electron chi connectivity index (χ0n) is 13.3. The molecule has 116 valence electrons. The van der Waals surface area contributed by atoms with E-state index in [0.717, 1.165) is 25.1 Å². The second kappa shape index (κ2) is 5.54. The molecule has 1 fully saturated rings. The van der Waals surface area contributed by atoms with Crippen molar-refractivity contribution in [3.05, 3.63) is 35.5 Å². The van der Waals surface area contributed by atoms with Crippen LogP contribution >= 0.6 is 0 Å². The van der Waals surface area contributed by atoms with Gasteiger partial charge < -0.3 is 9.47 Å². The molecule has 0 bridgehead atoms. The molecule has 0 saturated carbocycles. The Bertz CT molecular complexity index is 710. The van der Waals surface area contributed by atoms with Crippen molar-refractivity contribution < 1.29 is 4.79 Å². The number of hydrogen-bond acceptors (Lipinski definition) is 2. The Morgan fingerprint density at radius 3 is 2.73 bits per heavy atom. The van der Waals surface area contributed by atoms with Crippen LogP contribution in [-0.2, 0) is 13.5 Å². The summed E-state index contributed by atoms with van der Waals surface area (Å²) in [7, 11) is 2.04. The van der Waals surface area contributed by atoms with Crippen LogP contribution in [0.4, 0.5) is 0 Å². The van der Waals surface area contributed by atoms with Crippen LogP contribution in [0.1, 0.15) is 41.7 Å². The number of aryl methyl sites for hydroxylation is 2. The normalized spacial score (nSPS) is 23.0. The molecular weight excluding hydrogens is 272 g/mol. The average Bonchev–Trinajstić information content (AvgIpc) is 2.85. The fraction of sp³-hybridized carbons (Fsp3) is 0.526. The van der Waals surface area contributed by atoms with Crippen LogP contribution in [0.15, 0.2) is 24.3 Å². The van der Waals surface area contributed by atoms with Gasteiger partial charge in [-0.1, -0.05) is 24.6 Å². The molecule has 2 aromatic rings. The Balaban J connectivity index is 1.65. The lowest BCUT2D eigenvalue weighted by Crippen LogP contribution is -2.38. The molecule has 1 saturated heterocycles. The van der Waals surface area contributed by atoms with E-state index < -0.39 is 0 Å². The monoisotopic (exact) mass is 296 g/mol. The fourth-order valence-electron chi connectivity index (χ4n) is 4.31. The van der Waals surface area contributed by atoms with Gasteiger partial charge in [0.2, 0.25) is 0 Å². The van der Waals surface area contributed by atoms with E-state index in [1.807, 2.05) is 7.05 Å². The maximum atomic E-state index is 13.0. The quantitative estimate of drug-likeness (QED) is 0.848. The second-order valence-corrected chi connectivity index (χ2v) is 6.86. The van der Waals surface area contributed by atoms with Crippen molar-refractivity contribution in [2.75, 3.05) is 19.6 Å². The second-order valence-electron chi connectivity index (χ2n) is 6.86.